The van der Waals surface area contributed by atoms with Crippen LogP contribution in [-0.2, 0) is 14.4 Å². The third-order valence-corrected chi connectivity index (χ3v) is 11.8. The van der Waals surface area contributed by atoms with Crippen LogP contribution in [0.4, 0.5) is 0 Å². The first-order valence-electron chi connectivity index (χ1n) is 20.2. The van der Waals surface area contributed by atoms with Crippen molar-refractivity contribution in [2.24, 2.45) is 5.92 Å². The van der Waals surface area contributed by atoms with E-state index in [9.17, 15) is 24.3 Å². The minimum Gasteiger partial charge on any atom is -0.479 e. The molecule has 3 amide bonds. The molecule has 308 valence electrons. The van der Waals surface area contributed by atoms with Gasteiger partial charge in [-0.05, 0) is 70.0 Å². The van der Waals surface area contributed by atoms with Gasteiger partial charge < -0.3 is 30.7 Å². The lowest BCUT2D eigenvalue weighted by Gasteiger charge is -2.29. The zero-order valence-corrected chi connectivity index (χ0v) is 34.2. The van der Waals surface area contributed by atoms with Crippen molar-refractivity contribution in [3.8, 4) is 16.6 Å². The maximum atomic E-state index is 14.6. The Morgan fingerprint density at radius 2 is 1.68 bits per heavy atom. The number of rotatable bonds is 8. The number of thiazole rings is 1. The van der Waals surface area contributed by atoms with Crippen molar-refractivity contribution in [3.63, 3.8) is 0 Å². The van der Waals surface area contributed by atoms with Gasteiger partial charge in [0.25, 0.3) is 5.91 Å². The summed E-state index contributed by atoms with van der Waals surface area (Å²) in [4.78, 5) is 78.9. The molecule has 5 heterocycles. The van der Waals surface area contributed by atoms with Crippen molar-refractivity contribution >= 4 is 56.3 Å². The van der Waals surface area contributed by atoms with Gasteiger partial charge in [-0.15, -0.1) is 11.3 Å². The fourth-order valence-corrected chi connectivity index (χ4v) is 8.43. The van der Waals surface area contributed by atoms with Crippen LogP contribution in [0, 0.1) is 12.8 Å². The molecule has 8 rings (SSSR count). The molecule has 4 N–H and O–H groups in total. The maximum absolute atomic E-state index is 14.6. The van der Waals surface area contributed by atoms with E-state index < -0.39 is 47.4 Å². The van der Waals surface area contributed by atoms with Crippen molar-refractivity contribution in [3.05, 3.63) is 84.5 Å². The molecule has 3 aliphatic rings. The number of hydrogen-bond acceptors (Lipinski definition) is 12. The molecule has 2 aliphatic heterocycles. The molecule has 0 bridgehead atoms. The van der Waals surface area contributed by atoms with Crippen LogP contribution in [-0.4, -0.2) is 102 Å². The van der Waals surface area contributed by atoms with E-state index in [1.54, 1.807) is 6.92 Å². The summed E-state index contributed by atoms with van der Waals surface area (Å²) in [6, 6.07) is 13.1. The molecule has 3 aromatic heterocycles. The number of hydrogen-bond donors (Lipinski definition) is 4. The van der Waals surface area contributed by atoms with Crippen molar-refractivity contribution in [1.29, 1.82) is 0 Å². The molecule has 0 spiro atoms. The molecule has 0 radical (unpaired) electrons. The fourth-order valence-electron chi connectivity index (χ4n) is 7.49. The summed E-state index contributed by atoms with van der Waals surface area (Å²) in [6.07, 6.45) is 9.52. The zero-order chi connectivity index (χ0) is 41.5. The Bertz CT molecular complexity index is 2320. The summed E-state index contributed by atoms with van der Waals surface area (Å²) >= 11 is 1.45. The molecule has 16 heteroatoms. The first kappa shape index (κ1) is 41.3. The summed E-state index contributed by atoms with van der Waals surface area (Å²) in [5.41, 5.74) is 1.21. The molecule has 2 fully saturated rings. The molecule has 5 atom stereocenters. The summed E-state index contributed by atoms with van der Waals surface area (Å²) in [5.74, 6) is -2.38. The average molecular weight is 820 g/mol. The number of aliphatic carboxylic acids is 1. The number of benzene rings is 2. The number of fused-ring (bicyclic) bond motifs is 4. The van der Waals surface area contributed by atoms with E-state index >= 15 is 0 Å². The van der Waals surface area contributed by atoms with E-state index in [4.69, 9.17) is 19.7 Å². The van der Waals surface area contributed by atoms with E-state index in [0.29, 0.717) is 40.4 Å². The number of ether oxygens (including phenoxy) is 1. The Morgan fingerprint density at radius 1 is 0.966 bits per heavy atom. The Kier molecular flexibility index (Phi) is 12.9. The zero-order valence-electron chi connectivity index (χ0n) is 33.4. The monoisotopic (exact) mass is 819 g/mol. The predicted molar refractivity (Wildman–Crippen MR) is 224 cm³/mol. The summed E-state index contributed by atoms with van der Waals surface area (Å²) in [7, 11) is 0. The lowest BCUT2D eigenvalue weighted by molar-refractivity contribution is -0.145. The van der Waals surface area contributed by atoms with Gasteiger partial charge in [0.15, 0.2) is 5.69 Å². The van der Waals surface area contributed by atoms with Crippen LogP contribution in [0.25, 0.3) is 32.0 Å². The second kappa shape index (κ2) is 18.4. The number of nitrogens with one attached hydrogen (secondary N) is 3. The first-order chi connectivity index (χ1) is 28.6. The largest absolute Gasteiger partial charge is 0.479 e. The fraction of sp³-hybridized carbons (Fsp3) is 0.419. The van der Waals surface area contributed by atoms with E-state index in [1.807, 2.05) is 60.7 Å². The lowest BCUT2D eigenvalue weighted by atomic mass is 10.0. The number of para-hydroxylation sites is 3. The molecule has 5 aromatic rings. The number of allylic oxidation sites excluding steroid dienone is 1. The predicted octanol–water partition coefficient (Wildman–Crippen LogP) is 5.25. The minimum atomic E-state index is -1.47. The van der Waals surface area contributed by atoms with Crippen LogP contribution in [0.2, 0.25) is 0 Å². The second-order valence-corrected chi connectivity index (χ2v) is 16.0. The Morgan fingerprint density at radius 3 is 2.37 bits per heavy atom. The van der Waals surface area contributed by atoms with E-state index in [1.165, 1.54) is 28.6 Å². The highest BCUT2D eigenvalue weighted by Crippen LogP contribution is 2.45. The van der Waals surface area contributed by atoms with Crippen LogP contribution in [0.1, 0.15) is 75.0 Å². The molecule has 1 saturated carbocycles. The quantitative estimate of drug-likeness (QED) is 0.149. The molecule has 15 nitrogen and oxygen atoms in total. The van der Waals surface area contributed by atoms with Crippen molar-refractivity contribution in [2.75, 3.05) is 19.6 Å². The van der Waals surface area contributed by atoms with Gasteiger partial charge in [0.05, 0.1) is 33.4 Å². The van der Waals surface area contributed by atoms with Gasteiger partial charge in [0, 0.05) is 24.7 Å². The SMILES string of the molecule is CCNCC.Cc1ncc(C(=O)N[C@H]2CCCCC/C=C\[C@@H]3C[C@@]3(C(=O)O)NC(=O)[C@@H]3C[C@@H](Oc4nc5ccccc5nc4-c4nc5ccccc5s4)CN3C2=O)cn1. The number of aryl methyl sites for hydroxylation is 1. The van der Waals surface area contributed by atoms with Gasteiger partial charge in [-0.1, -0.05) is 63.1 Å². The number of carboxylic acid groups (broad SMARTS) is 1. The Labute approximate surface area is 346 Å². The van der Waals surface area contributed by atoms with Crippen molar-refractivity contribution in [2.45, 2.75) is 89.4 Å². The van der Waals surface area contributed by atoms with Crippen LogP contribution in [0.3, 0.4) is 0 Å². The standard InChI is InChI=1S/C39H38N8O6S.C4H11N/c1-22-40-19-23(20-41-22)33(48)43-29-15-6-4-2-3-5-11-24-18-39(24,38(51)52)46-34(49)30-17-25(21-47(30)37(29)50)53-35-32(42-26-12-7-8-13-27(26)44-35)36-45-28-14-9-10-16-31(28)54-36;1-3-5-4-2/h5,7-14,16,19-20,24-25,29-30H,2-4,6,15,17-18,21H2,1H3,(H,43,48)(H,46,49)(H,51,52);5H,3-4H2,1-2H3/b11-5-;/t24-,25-,29+,30+,39-;/m1./s1. The molecular weight excluding hydrogens is 771 g/mol. The molecule has 1 aliphatic carbocycles. The summed E-state index contributed by atoms with van der Waals surface area (Å²) < 4.78 is 7.56. The second-order valence-electron chi connectivity index (χ2n) is 15.0. The van der Waals surface area contributed by atoms with E-state index in [2.05, 4.69) is 39.8 Å². The molecule has 59 heavy (non-hydrogen) atoms. The number of amides is 3. The molecule has 2 aromatic carbocycles. The number of aromatic nitrogens is 5. The Balaban J connectivity index is 0.000000997. The van der Waals surface area contributed by atoms with Gasteiger partial charge in [0.1, 0.15) is 34.6 Å². The van der Waals surface area contributed by atoms with E-state index in [0.717, 1.165) is 42.6 Å². The third-order valence-electron chi connectivity index (χ3n) is 10.8. The van der Waals surface area contributed by atoms with Gasteiger partial charge in [-0.2, -0.15) is 0 Å². The number of carbonyl (C=O) groups is 4. The molecule has 1 saturated heterocycles. The van der Waals surface area contributed by atoms with Gasteiger partial charge in [-0.25, -0.2) is 29.7 Å². The highest BCUT2D eigenvalue weighted by Gasteiger charge is 2.61. The third kappa shape index (κ3) is 9.39. The van der Waals surface area contributed by atoms with Crippen molar-refractivity contribution in [1.82, 2.24) is 45.8 Å². The number of nitrogens with zero attached hydrogens (tertiary/aromatic N) is 6. The van der Waals surface area contributed by atoms with Crippen LogP contribution in [0.15, 0.2) is 73.1 Å². The number of carboxylic acids is 1. The number of carbonyl (C=O) groups excluding carboxylic acids is 3. The molecule has 0 unspecified atom stereocenters. The van der Waals surface area contributed by atoms with Gasteiger partial charge in [0.2, 0.25) is 17.7 Å². The highest BCUT2D eigenvalue weighted by molar-refractivity contribution is 7.21. The average Bonchev–Trinajstić information content (AvgIpc) is 3.52. The Hall–Kier alpha value is -5.87. The van der Waals surface area contributed by atoms with Crippen molar-refractivity contribution < 1.29 is 29.0 Å². The van der Waals surface area contributed by atoms with Crippen LogP contribution in [0.5, 0.6) is 5.88 Å². The summed E-state index contributed by atoms with van der Waals surface area (Å²) in [5, 5.41) is 19.6. The van der Waals surface area contributed by atoms with Gasteiger partial charge >= 0.3 is 5.97 Å². The summed E-state index contributed by atoms with van der Waals surface area (Å²) in [6.45, 7) is 8.08. The lowest BCUT2D eigenvalue weighted by Crippen LogP contribution is -2.56. The van der Waals surface area contributed by atoms with E-state index in [-0.39, 0.29) is 36.7 Å². The topological polar surface area (TPSA) is 202 Å². The van der Waals surface area contributed by atoms with Crippen LogP contribution >= 0.6 is 11.3 Å². The molecular formula is C43H49N9O6S. The minimum absolute atomic E-state index is 0.0197. The maximum Gasteiger partial charge on any atom is 0.330 e. The first-order valence-corrected chi connectivity index (χ1v) is 21.0. The van der Waals surface area contributed by atoms with Gasteiger partial charge in [-0.3, -0.25) is 14.4 Å². The highest BCUT2D eigenvalue weighted by atomic mass is 32.1. The normalized spacial score (nSPS) is 23.7. The smallest absolute Gasteiger partial charge is 0.330 e. The van der Waals surface area contributed by atoms with Crippen LogP contribution < -0.4 is 20.7 Å².